The van der Waals surface area contributed by atoms with Crippen molar-refractivity contribution >= 4 is 34.1 Å². The Balaban J connectivity index is 1.76. The van der Waals surface area contributed by atoms with Crippen LogP contribution in [0.4, 0.5) is 5.95 Å². The Kier molecular flexibility index (Phi) is 4.57. The Bertz CT molecular complexity index is 883. The average Bonchev–Trinajstić information content (AvgIpc) is 3.13. The predicted molar refractivity (Wildman–Crippen MR) is 90.9 cm³/mol. The lowest BCUT2D eigenvalue weighted by molar-refractivity contribution is -0.141. The summed E-state index contributed by atoms with van der Waals surface area (Å²) < 4.78 is 6.21. The third-order valence-electron chi connectivity index (χ3n) is 3.46. The number of aryl methyl sites for hydroxylation is 1. The molecule has 0 radical (unpaired) electrons. The molecular weight excluding hydrogens is 328 g/mol. The number of rotatable bonds is 5. The number of ether oxygens (including phenoxy) is 1. The molecule has 1 aromatic carbocycles. The van der Waals surface area contributed by atoms with Gasteiger partial charge >= 0.3 is 5.97 Å². The van der Waals surface area contributed by atoms with E-state index >= 15 is 0 Å². The first-order valence-electron chi connectivity index (χ1n) is 7.35. The Morgan fingerprint density at radius 1 is 1.25 bits per heavy atom. The maximum Gasteiger partial charge on any atom is 0.306 e. The summed E-state index contributed by atoms with van der Waals surface area (Å²) >= 11 is 1.45. The van der Waals surface area contributed by atoms with Crippen LogP contribution < -0.4 is 5.32 Å². The molecule has 0 saturated heterocycles. The molecule has 1 amide bonds. The molecule has 0 spiro atoms. The normalized spacial score (nSPS) is 10.8. The van der Waals surface area contributed by atoms with E-state index in [0.29, 0.717) is 4.96 Å². The van der Waals surface area contributed by atoms with E-state index in [-0.39, 0.29) is 24.7 Å². The summed E-state index contributed by atoms with van der Waals surface area (Å²) in [6.45, 7) is 2.03. The van der Waals surface area contributed by atoms with Crippen LogP contribution in [0, 0.1) is 6.92 Å². The summed E-state index contributed by atoms with van der Waals surface area (Å²) in [5, 5.41) is 8.90. The summed E-state index contributed by atoms with van der Waals surface area (Å²) in [6, 6.07) is 8.11. The highest BCUT2D eigenvalue weighted by Crippen LogP contribution is 2.26. The number of methoxy groups -OCH3 is 1. The van der Waals surface area contributed by atoms with Crippen LogP contribution in [0.15, 0.2) is 29.6 Å². The van der Waals surface area contributed by atoms with Gasteiger partial charge in [-0.3, -0.25) is 14.9 Å². The molecule has 8 heteroatoms. The smallest absolute Gasteiger partial charge is 0.306 e. The van der Waals surface area contributed by atoms with Gasteiger partial charge in [0.1, 0.15) is 0 Å². The number of thiazole rings is 1. The summed E-state index contributed by atoms with van der Waals surface area (Å²) in [5.74, 6) is -0.522. The molecule has 2 aromatic heterocycles. The quantitative estimate of drug-likeness (QED) is 0.719. The molecule has 0 aliphatic heterocycles. The lowest BCUT2D eigenvalue weighted by Gasteiger charge is -2.01. The first-order valence-corrected chi connectivity index (χ1v) is 8.23. The Morgan fingerprint density at radius 3 is 2.71 bits per heavy atom. The van der Waals surface area contributed by atoms with Crippen LogP contribution >= 0.6 is 11.3 Å². The number of carbonyl (C=O) groups is 2. The van der Waals surface area contributed by atoms with E-state index in [9.17, 15) is 9.59 Å². The van der Waals surface area contributed by atoms with Gasteiger partial charge in [0.25, 0.3) is 0 Å². The summed E-state index contributed by atoms with van der Waals surface area (Å²) in [7, 11) is 1.29. The third-order valence-corrected chi connectivity index (χ3v) is 4.28. The number of fused-ring (bicyclic) bond motifs is 1. The van der Waals surface area contributed by atoms with Crippen molar-refractivity contribution < 1.29 is 14.3 Å². The lowest BCUT2D eigenvalue weighted by Crippen LogP contribution is -2.14. The van der Waals surface area contributed by atoms with Crippen LogP contribution in [0.25, 0.3) is 16.2 Å². The molecule has 7 nitrogen and oxygen atoms in total. The second kappa shape index (κ2) is 6.79. The van der Waals surface area contributed by atoms with Gasteiger partial charge in [-0.15, -0.1) is 16.4 Å². The first kappa shape index (κ1) is 16.1. The zero-order valence-electron chi connectivity index (χ0n) is 13.3. The number of benzene rings is 1. The average molecular weight is 344 g/mol. The zero-order valence-corrected chi connectivity index (χ0v) is 14.1. The number of aromatic nitrogens is 3. The molecule has 2 heterocycles. The predicted octanol–water partition coefficient (Wildman–Crippen LogP) is 2.66. The molecule has 0 aliphatic rings. The molecule has 3 rings (SSSR count). The van der Waals surface area contributed by atoms with Crippen LogP contribution in [0.2, 0.25) is 0 Å². The van der Waals surface area contributed by atoms with Gasteiger partial charge in [0.2, 0.25) is 16.8 Å². The van der Waals surface area contributed by atoms with Crippen LogP contribution in [0.5, 0.6) is 0 Å². The highest BCUT2D eigenvalue weighted by Gasteiger charge is 2.14. The number of esters is 1. The standard InChI is InChI=1S/C16H16N4O3S/c1-10-3-5-11(6-4-10)12-9-24-16-18-15(19-20(12)16)17-13(21)7-8-14(22)23-2/h3-6,9H,7-8H2,1-2H3,(H,17,19,21). The Labute approximate surface area is 142 Å². The van der Waals surface area contributed by atoms with Gasteiger partial charge in [0.05, 0.1) is 19.2 Å². The molecule has 0 bridgehead atoms. The lowest BCUT2D eigenvalue weighted by atomic mass is 10.1. The molecule has 124 valence electrons. The van der Waals surface area contributed by atoms with Gasteiger partial charge in [-0.2, -0.15) is 4.98 Å². The molecule has 24 heavy (non-hydrogen) atoms. The van der Waals surface area contributed by atoms with Crippen molar-refractivity contribution in [1.29, 1.82) is 0 Å². The zero-order chi connectivity index (χ0) is 17.1. The van der Waals surface area contributed by atoms with Crippen molar-refractivity contribution in [2.75, 3.05) is 12.4 Å². The van der Waals surface area contributed by atoms with Crippen molar-refractivity contribution in [1.82, 2.24) is 14.6 Å². The maximum absolute atomic E-state index is 11.8. The number of amides is 1. The second-order valence-corrected chi connectivity index (χ2v) is 6.08. The molecular formula is C16H16N4O3S. The number of nitrogens with zero attached hydrogens (tertiary/aromatic N) is 3. The van der Waals surface area contributed by atoms with Crippen molar-refractivity contribution in [3.8, 4) is 11.3 Å². The van der Waals surface area contributed by atoms with Crippen molar-refractivity contribution in [2.24, 2.45) is 0 Å². The third kappa shape index (κ3) is 3.43. The van der Waals surface area contributed by atoms with Gasteiger partial charge in [-0.25, -0.2) is 4.52 Å². The fourth-order valence-corrected chi connectivity index (χ4v) is 2.99. The maximum atomic E-state index is 11.8. The fourth-order valence-electron chi connectivity index (χ4n) is 2.16. The Hall–Kier alpha value is -2.74. The minimum absolute atomic E-state index is 0.0270. The van der Waals surface area contributed by atoms with Crippen molar-refractivity contribution in [2.45, 2.75) is 19.8 Å². The van der Waals surface area contributed by atoms with Gasteiger partial charge in [0, 0.05) is 17.4 Å². The summed E-state index contributed by atoms with van der Waals surface area (Å²) in [4.78, 5) is 27.9. The molecule has 0 fully saturated rings. The molecule has 0 aliphatic carbocycles. The van der Waals surface area contributed by atoms with Gasteiger partial charge < -0.3 is 4.74 Å². The van der Waals surface area contributed by atoms with Crippen LogP contribution in [0.1, 0.15) is 18.4 Å². The summed E-state index contributed by atoms with van der Waals surface area (Å²) in [6.07, 6.45) is 0.0590. The van der Waals surface area contributed by atoms with Gasteiger partial charge in [0.15, 0.2) is 0 Å². The molecule has 0 unspecified atom stereocenters. The van der Waals surface area contributed by atoms with Gasteiger partial charge in [-0.1, -0.05) is 29.8 Å². The minimum Gasteiger partial charge on any atom is -0.469 e. The van der Waals surface area contributed by atoms with Gasteiger partial charge in [-0.05, 0) is 6.92 Å². The number of nitrogens with one attached hydrogen (secondary N) is 1. The van der Waals surface area contributed by atoms with E-state index in [1.54, 1.807) is 4.52 Å². The van der Waals surface area contributed by atoms with E-state index < -0.39 is 5.97 Å². The van der Waals surface area contributed by atoms with E-state index in [1.807, 2.05) is 36.6 Å². The van der Waals surface area contributed by atoms with E-state index in [4.69, 9.17) is 0 Å². The second-order valence-electron chi connectivity index (χ2n) is 5.24. The molecule has 3 aromatic rings. The first-order chi connectivity index (χ1) is 11.6. The fraction of sp³-hybridized carbons (Fsp3) is 0.250. The molecule has 1 N–H and O–H groups in total. The molecule has 0 saturated carbocycles. The van der Waals surface area contributed by atoms with E-state index in [2.05, 4.69) is 20.1 Å². The monoisotopic (exact) mass is 344 g/mol. The van der Waals surface area contributed by atoms with Crippen molar-refractivity contribution in [3.05, 3.63) is 35.2 Å². The number of hydrogen-bond acceptors (Lipinski definition) is 6. The van der Waals surface area contributed by atoms with E-state index in [0.717, 1.165) is 11.3 Å². The topological polar surface area (TPSA) is 85.6 Å². The van der Waals surface area contributed by atoms with Crippen LogP contribution in [-0.2, 0) is 14.3 Å². The number of anilines is 1. The van der Waals surface area contributed by atoms with Crippen molar-refractivity contribution in [3.63, 3.8) is 0 Å². The largest absolute Gasteiger partial charge is 0.469 e. The molecule has 0 atom stereocenters. The highest BCUT2D eigenvalue weighted by molar-refractivity contribution is 7.15. The number of hydrogen-bond donors (Lipinski definition) is 1. The summed E-state index contributed by atoms with van der Waals surface area (Å²) in [5.41, 5.74) is 3.13. The minimum atomic E-state index is -0.425. The SMILES string of the molecule is COC(=O)CCC(=O)Nc1nc2scc(-c3ccc(C)cc3)n2n1. The highest BCUT2D eigenvalue weighted by atomic mass is 32.1. The van der Waals surface area contributed by atoms with Crippen LogP contribution in [0.3, 0.4) is 0 Å². The Morgan fingerprint density at radius 2 is 2.00 bits per heavy atom. The number of carbonyl (C=O) groups excluding carboxylic acids is 2. The van der Waals surface area contributed by atoms with Crippen LogP contribution in [-0.4, -0.2) is 33.6 Å². The van der Waals surface area contributed by atoms with E-state index in [1.165, 1.54) is 24.0 Å².